The van der Waals surface area contributed by atoms with E-state index in [0.29, 0.717) is 13.2 Å². The number of benzene rings is 1. The predicted octanol–water partition coefficient (Wildman–Crippen LogP) is 3.30. The number of halogens is 2. The molecule has 0 aromatic heterocycles. The summed E-state index contributed by atoms with van der Waals surface area (Å²) in [5, 5.41) is 0.798. The van der Waals surface area contributed by atoms with Gasteiger partial charge in [-0.15, -0.1) is 0 Å². The van der Waals surface area contributed by atoms with Crippen LogP contribution >= 0.6 is 31.9 Å². The molecule has 1 heterocycles. The van der Waals surface area contributed by atoms with E-state index in [4.69, 9.17) is 9.47 Å². The Morgan fingerprint density at radius 1 is 1.40 bits per heavy atom. The van der Waals surface area contributed by atoms with E-state index in [2.05, 4.69) is 37.9 Å². The van der Waals surface area contributed by atoms with Crippen molar-refractivity contribution in [1.29, 1.82) is 0 Å². The van der Waals surface area contributed by atoms with Crippen molar-refractivity contribution < 1.29 is 9.47 Å². The first kappa shape index (κ1) is 11.6. The van der Waals surface area contributed by atoms with Crippen LogP contribution in [-0.4, -0.2) is 24.6 Å². The molecule has 0 radical (unpaired) electrons. The maximum Gasteiger partial charge on any atom is 0.105 e. The number of hydrogen-bond donors (Lipinski definition) is 0. The molecule has 2 nitrogen and oxygen atoms in total. The van der Waals surface area contributed by atoms with Crippen LogP contribution in [0.4, 0.5) is 0 Å². The Morgan fingerprint density at radius 3 is 2.67 bits per heavy atom. The van der Waals surface area contributed by atoms with Gasteiger partial charge in [-0.05, 0) is 11.6 Å². The van der Waals surface area contributed by atoms with E-state index in [-0.39, 0.29) is 12.2 Å². The fourth-order valence-corrected chi connectivity index (χ4v) is 2.50. The molecule has 1 aromatic rings. The standard InChI is InChI=1S/C11H12Br2O2/c12-5-11(15-8-6-14-7-8)9-3-1-2-4-10(9)13/h1-4,8,11H,5-7H2. The lowest BCUT2D eigenvalue weighted by Crippen LogP contribution is -2.37. The van der Waals surface area contributed by atoms with Gasteiger partial charge in [0.25, 0.3) is 0 Å². The van der Waals surface area contributed by atoms with E-state index >= 15 is 0 Å². The third kappa shape index (κ3) is 2.81. The van der Waals surface area contributed by atoms with Gasteiger partial charge in [-0.25, -0.2) is 0 Å². The molecule has 1 unspecified atom stereocenters. The zero-order chi connectivity index (χ0) is 10.7. The van der Waals surface area contributed by atoms with Crippen LogP contribution in [0.2, 0.25) is 0 Å². The Hall–Kier alpha value is 0.100. The van der Waals surface area contributed by atoms with Gasteiger partial charge in [0.2, 0.25) is 0 Å². The number of alkyl halides is 1. The highest BCUT2D eigenvalue weighted by Crippen LogP contribution is 2.29. The van der Waals surface area contributed by atoms with E-state index in [1.807, 2.05) is 18.2 Å². The molecular weight excluding hydrogens is 324 g/mol. The summed E-state index contributed by atoms with van der Waals surface area (Å²) in [5.74, 6) is 0. The molecule has 0 amide bonds. The SMILES string of the molecule is BrCC(OC1COC1)c1ccccc1Br. The van der Waals surface area contributed by atoms with Crippen molar-refractivity contribution in [3.63, 3.8) is 0 Å². The van der Waals surface area contributed by atoms with Gasteiger partial charge in [-0.1, -0.05) is 50.1 Å². The van der Waals surface area contributed by atoms with Crippen molar-refractivity contribution in [2.45, 2.75) is 12.2 Å². The summed E-state index contributed by atoms with van der Waals surface area (Å²) in [6.45, 7) is 1.43. The fraction of sp³-hybridized carbons (Fsp3) is 0.455. The largest absolute Gasteiger partial charge is 0.376 e. The molecule has 4 heteroatoms. The summed E-state index contributed by atoms with van der Waals surface area (Å²) in [5.41, 5.74) is 1.18. The molecule has 0 saturated carbocycles. The van der Waals surface area contributed by atoms with E-state index in [1.165, 1.54) is 5.56 Å². The summed E-state index contributed by atoms with van der Waals surface area (Å²) in [6.07, 6.45) is 0.342. The maximum absolute atomic E-state index is 5.90. The molecule has 1 saturated heterocycles. The molecule has 0 N–H and O–H groups in total. The van der Waals surface area contributed by atoms with Crippen LogP contribution in [-0.2, 0) is 9.47 Å². The third-order valence-corrected chi connectivity index (χ3v) is 3.67. The van der Waals surface area contributed by atoms with Crippen molar-refractivity contribution >= 4 is 31.9 Å². The average Bonchev–Trinajstić information content (AvgIpc) is 2.19. The van der Waals surface area contributed by atoms with Gasteiger partial charge < -0.3 is 9.47 Å². The minimum absolute atomic E-state index is 0.0921. The molecule has 0 bridgehead atoms. The lowest BCUT2D eigenvalue weighted by Gasteiger charge is -2.30. The van der Waals surface area contributed by atoms with Gasteiger partial charge >= 0.3 is 0 Å². The maximum atomic E-state index is 5.90. The van der Waals surface area contributed by atoms with E-state index < -0.39 is 0 Å². The molecule has 1 aromatic carbocycles. The minimum atomic E-state index is 0.0921. The first-order valence-corrected chi connectivity index (χ1v) is 6.76. The third-order valence-electron chi connectivity index (χ3n) is 2.36. The van der Waals surface area contributed by atoms with Crippen LogP contribution in [0, 0.1) is 0 Å². The zero-order valence-electron chi connectivity index (χ0n) is 8.16. The van der Waals surface area contributed by atoms with Crippen LogP contribution in [0.5, 0.6) is 0 Å². The van der Waals surface area contributed by atoms with Crippen LogP contribution in [0.25, 0.3) is 0 Å². The number of hydrogen-bond acceptors (Lipinski definition) is 2. The second-order valence-corrected chi connectivity index (χ2v) is 4.96. The molecule has 1 atom stereocenters. The normalized spacial score (nSPS) is 18.5. The lowest BCUT2D eigenvalue weighted by atomic mass is 10.1. The van der Waals surface area contributed by atoms with Crippen molar-refractivity contribution in [2.75, 3.05) is 18.5 Å². The summed E-state index contributed by atoms with van der Waals surface area (Å²) in [4.78, 5) is 0. The summed E-state index contributed by atoms with van der Waals surface area (Å²) < 4.78 is 12.1. The molecule has 15 heavy (non-hydrogen) atoms. The molecule has 0 spiro atoms. The van der Waals surface area contributed by atoms with Gasteiger partial charge in [0.1, 0.15) is 6.10 Å². The second kappa shape index (κ2) is 5.43. The van der Waals surface area contributed by atoms with Crippen molar-refractivity contribution in [2.24, 2.45) is 0 Å². The Morgan fingerprint density at radius 2 is 2.13 bits per heavy atom. The second-order valence-electron chi connectivity index (χ2n) is 3.46. The lowest BCUT2D eigenvalue weighted by molar-refractivity contribution is -0.151. The Bertz CT molecular complexity index is 326. The van der Waals surface area contributed by atoms with E-state index in [1.54, 1.807) is 0 Å². The van der Waals surface area contributed by atoms with Crippen LogP contribution in [0.1, 0.15) is 11.7 Å². The topological polar surface area (TPSA) is 18.5 Å². The van der Waals surface area contributed by atoms with Crippen molar-refractivity contribution in [1.82, 2.24) is 0 Å². The summed E-state index contributed by atoms with van der Waals surface area (Å²) >= 11 is 7.02. The predicted molar refractivity (Wildman–Crippen MR) is 66.4 cm³/mol. The Labute approximate surface area is 106 Å². The summed E-state index contributed by atoms with van der Waals surface area (Å²) in [6, 6.07) is 8.14. The molecule has 1 fully saturated rings. The van der Waals surface area contributed by atoms with Gasteiger partial charge in [0, 0.05) is 9.80 Å². The van der Waals surface area contributed by atoms with Crippen LogP contribution < -0.4 is 0 Å². The van der Waals surface area contributed by atoms with Gasteiger partial charge in [-0.2, -0.15) is 0 Å². The average molecular weight is 336 g/mol. The first-order valence-electron chi connectivity index (χ1n) is 4.85. The zero-order valence-corrected chi connectivity index (χ0v) is 11.3. The number of rotatable bonds is 4. The molecule has 1 aliphatic rings. The van der Waals surface area contributed by atoms with E-state index in [9.17, 15) is 0 Å². The Kier molecular flexibility index (Phi) is 4.20. The van der Waals surface area contributed by atoms with E-state index in [0.717, 1.165) is 9.80 Å². The van der Waals surface area contributed by atoms with Gasteiger partial charge in [0.05, 0.1) is 19.3 Å². The number of ether oxygens (including phenoxy) is 2. The van der Waals surface area contributed by atoms with Gasteiger partial charge in [0.15, 0.2) is 0 Å². The van der Waals surface area contributed by atoms with Crippen molar-refractivity contribution in [3.8, 4) is 0 Å². The highest BCUT2D eigenvalue weighted by atomic mass is 79.9. The smallest absolute Gasteiger partial charge is 0.105 e. The van der Waals surface area contributed by atoms with Crippen LogP contribution in [0.15, 0.2) is 28.7 Å². The first-order chi connectivity index (χ1) is 7.31. The molecule has 0 aliphatic carbocycles. The molecular formula is C11H12Br2O2. The Balaban J connectivity index is 2.07. The monoisotopic (exact) mass is 334 g/mol. The summed E-state index contributed by atoms with van der Waals surface area (Å²) in [7, 11) is 0. The van der Waals surface area contributed by atoms with Gasteiger partial charge in [-0.3, -0.25) is 0 Å². The molecule has 2 rings (SSSR count). The quantitative estimate of drug-likeness (QED) is 0.786. The highest BCUT2D eigenvalue weighted by Gasteiger charge is 2.24. The van der Waals surface area contributed by atoms with Crippen molar-refractivity contribution in [3.05, 3.63) is 34.3 Å². The van der Waals surface area contributed by atoms with Crippen LogP contribution in [0.3, 0.4) is 0 Å². The highest BCUT2D eigenvalue weighted by molar-refractivity contribution is 9.10. The molecule has 82 valence electrons. The minimum Gasteiger partial charge on any atom is -0.376 e. The molecule has 1 aliphatic heterocycles. The fourth-order valence-electron chi connectivity index (χ4n) is 1.45.